The summed E-state index contributed by atoms with van der Waals surface area (Å²) in [4.78, 5) is 14.3. The maximum atomic E-state index is 12.7. The summed E-state index contributed by atoms with van der Waals surface area (Å²) in [6.45, 7) is 5.10. The van der Waals surface area contributed by atoms with Crippen molar-refractivity contribution in [1.29, 1.82) is 0 Å². The third-order valence-electron chi connectivity index (χ3n) is 3.43. The molecule has 0 fully saturated rings. The molecule has 0 spiro atoms. The van der Waals surface area contributed by atoms with Crippen LogP contribution in [0.25, 0.3) is 0 Å². The van der Waals surface area contributed by atoms with E-state index >= 15 is 0 Å². The molecule has 112 valence electrons. The van der Waals surface area contributed by atoms with Gasteiger partial charge in [0, 0.05) is 13.6 Å². The van der Waals surface area contributed by atoms with Gasteiger partial charge in [0.2, 0.25) is 0 Å². The van der Waals surface area contributed by atoms with Gasteiger partial charge in [-0.2, -0.15) is 0 Å². The van der Waals surface area contributed by atoms with E-state index in [4.69, 9.17) is 4.74 Å². The zero-order valence-corrected chi connectivity index (χ0v) is 12.8. The number of amides is 1. The highest BCUT2D eigenvalue weighted by atomic mass is 16.5. The number of aromatic nitrogens is 3. The van der Waals surface area contributed by atoms with Gasteiger partial charge >= 0.3 is 0 Å². The predicted molar refractivity (Wildman–Crippen MR) is 79.2 cm³/mol. The van der Waals surface area contributed by atoms with Crippen LogP contribution in [0.15, 0.2) is 24.5 Å². The molecule has 0 bridgehead atoms. The summed E-state index contributed by atoms with van der Waals surface area (Å²) in [5.41, 5.74) is 1.48. The van der Waals surface area contributed by atoms with Gasteiger partial charge in [0.25, 0.3) is 5.91 Å². The van der Waals surface area contributed by atoms with E-state index in [9.17, 15) is 4.79 Å². The largest absolute Gasteiger partial charge is 0.496 e. The molecular formula is C15H20N4O2. The lowest BCUT2D eigenvalue weighted by Gasteiger charge is -2.19. The van der Waals surface area contributed by atoms with Gasteiger partial charge in [-0.1, -0.05) is 12.1 Å². The Morgan fingerprint density at radius 2 is 2.19 bits per heavy atom. The summed E-state index contributed by atoms with van der Waals surface area (Å²) in [6.07, 6.45) is 1.67. The van der Waals surface area contributed by atoms with E-state index in [0.717, 1.165) is 17.9 Å². The van der Waals surface area contributed by atoms with Crippen LogP contribution in [0.4, 0.5) is 0 Å². The molecule has 1 heterocycles. The number of carbonyl (C=O) groups is 1. The Balaban J connectivity index is 2.24. The minimum Gasteiger partial charge on any atom is -0.496 e. The van der Waals surface area contributed by atoms with E-state index in [2.05, 4.69) is 10.2 Å². The smallest absolute Gasteiger partial charge is 0.258 e. The van der Waals surface area contributed by atoms with E-state index in [0.29, 0.717) is 17.9 Å². The number of benzene rings is 1. The Labute approximate surface area is 124 Å². The summed E-state index contributed by atoms with van der Waals surface area (Å²) in [7, 11) is 3.32. The number of aryl methyl sites for hydroxylation is 2. The molecule has 0 unspecified atom stereocenters. The monoisotopic (exact) mass is 288 g/mol. The van der Waals surface area contributed by atoms with Crippen LogP contribution in [0.2, 0.25) is 0 Å². The molecular weight excluding hydrogens is 268 g/mol. The van der Waals surface area contributed by atoms with E-state index < -0.39 is 0 Å². The molecule has 0 atom stereocenters. The summed E-state index contributed by atoms with van der Waals surface area (Å²) in [5.74, 6) is 1.26. The van der Waals surface area contributed by atoms with Crippen molar-refractivity contribution in [2.45, 2.75) is 26.9 Å². The average molecular weight is 288 g/mol. The lowest BCUT2D eigenvalue weighted by atomic mass is 10.1. The topological polar surface area (TPSA) is 60.2 Å². The van der Waals surface area contributed by atoms with E-state index in [-0.39, 0.29) is 5.91 Å². The number of hydrogen-bond acceptors (Lipinski definition) is 4. The molecule has 0 saturated carbocycles. The number of methoxy groups -OCH3 is 1. The molecule has 2 aromatic rings. The molecule has 21 heavy (non-hydrogen) atoms. The second-order valence-electron chi connectivity index (χ2n) is 4.85. The first-order chi connectivity index (χ1) is 10.1. The Bertz CT molecular complexity index is 636. The van der Waals surface area contributed by atoms with Gasteiger partial charge < -0.3 is 14.2 Å². The predicted octanol–water partition coefficient (Wildman–Crippen LogP) is 1.89. The SMILES string of the molecule is CCn1cnnc1CN(C)C(=O)c1c(C)cccc1OC. The lowest BCUT2D eigenvalue weighted by Crippen LogP contribution is -2.28. The number of rotatable bonds is 5. The maximum absolute atomic E-state index is 12.7. The standard InChI is InChI=1S/C15H20N4O2/c1-5-19-10-16-17-13(19)9-18(3)15(20)14-11(2)7-6-8-12(14)21-4/h6-8,10H,5,9H2,1-4H3. The Morgan fingerprint density at radius 1 is 1.43 bits per heavy atom. The maximum Gasteiger partial charge on any atom is 0.258 e. The molecule has 6 heteroatoms. The van der Waals surface area contributed by atoms with Crippen molar-refractivity contribution >= 4 is 5.91 Å². The molecule has 0 aliphatic heterocycles. The lowest BCUT2D eigenvalue weighted by molar-refractivity contribution is 0.0776. The fraction of sp³-hybridized carbons (Fsp3) is 0.400. The van der Waals surface area contributed by atoms with Gasteiger partial charge in [-0.05, 0) is 25.5 Å². The van der Waals surface area contributed by atoms with Crippen LogP contribution in [0.5, 0.6) is 5.75 Å². The van der Waals surface area contributed by atoms with E-state index in [1.165, 1.54) is 0 Å². The second kappa shape index (κ2) is 6.39. The fourth-order valence-electron chi connectivity index (χ4n) is 2.23. The molecule has 0 radical (unpaired) electrons. The minimum absolute atomic E-state index is 0.0874. The molecule has 1 aromatic heterocycles. The first-order valence-electron chi connectivity index (χ1n) is 6.84. The molecule has 0 saturated heterocycles. The molecule has 1 amide bonds. The van der Waals surface area contributed by atoms with Crippen LogP contribution in [0.3, 0.4) is 0 Å². The number of hydrogen-bond donors (Lipinski definition) is 0. The molecule has 0 aliphatic rings. The Morgan fingerprint density at radius 3 is 2.86 bits per heavy atom. The van der Waals surface area contributed by atoms with Crippen LogP contribution < -0.4 is 4.74 Å². The number of nitrogens with zero attached hydrogens (tertiary/aromatic N) is 4. The van der Waals surface area contributed by atoms with Gasteiger partial charge in [-0.3, -0.25) is 4.79 Å². The van der Waals surface area contributed by atoms with Crippen molar-refractivity contribution in [1.82, 2.24) is 19.7 Å². The summed E-state index contributed by atoms with van der Waals surface area (Å²) < 4.78 is 7.21. The van der Waals surface area contributed by atoms with Crippen LogP contribution in [0.1, 0.15) is 28.7 Å². The third-order valence-corrected chi connectivity index (χ3v) is 3.43. The molecule has 1 aromatic carbocycles. The van der Waals surface area contributed by atoms with Crippen molar-refractivity contribution < 1.29 is 9.53 Å². The van der Waals surface area contributed by atoms with Gasteiger partial charge in [-0.15, -0.1) is 10.2 Å². The van der Waals surface area contributed by atoms with Crippen LogP contribution in [-0.4, -0.2) is 39.7 Å². The summed E-state index contributed by atoms with van der Waals surface area (Å²) in [6, 6.07) is 5.57. The first-order valence-corrected chi connectivity index (χ1v) is 6.84. The van der Waals surface area contributed by atoms with Crippen molar-refractivity contribution in [2.24, 2.45) is 0 Å². The van der Waals surface area contributed by atoms with Gasteiger partial charge in [0.15, 0.2) is 5.82 Å². The zero-order valence-electron chi connectivity index (χ0n) is 12.8. The van der Waals surface area contributed by atoms with Crippen molar-refractivity contribution in [2.75, 3.05) is 14.2 Å². The molecule has 0 aliphatic carbocycles. The minimum atomic E-state index is -0.0874. The quantitative estimate of drug-likeness (QED) is 0.843. The van der Waals surface area contributed by atoms with E-state index in [1.54, 1.807) is 31.5 Å². The molecule has 6 nitrogen and oxygen atoms in total. The summed E-state index contributed by atoms with van der Waals surface area (Å²) >= 11 is 0. The van der Waals surface area contributed by atoms with Gasteiger partial charge in [-0.25, -0.2) is 0 Å². The highest BCUT2D eigenvalue weighted by Crippen LogP contribution is 2.23. The fourth-order valence-corrected chi connectivity index (χ4v) is 2.23. The summed E-state index contributed by atoms with van der Waals surface area (Å²) in [5, 5.41) is 7.94. The molecule has 0 N–H and O–H groups in total. The van der Waals surface area contributed by atoms with Crippen LogP contribution >= 0.6 is 0 Å². The van der Waals surface area contributed by atoms with Crippen molar-refractivity contribution in [3.05, 3.63) is 41.5 Å². The van der Waals surface area contributed by atoms with Crippen LogP contribution in [-0.2, 0) is 13.1 Å². The van der Waals surface area contributed by atoms with Crippen molar-refractivity contribution in [3.8, 4) is 5.75 Å². The van der Waals surface area contributed by atoms with Gasteiger partial charge in [0.05, 0.1) is 19.2 Å². The zero-order chi connectivity index (χ0) is 15.4. The number of ether oxygens (including phenoxy) is 1. The first kappa shape index (κ1) is 15.0. The highest BCUT2D eigenvalue weighted by molar-refractivity contribution is 5.98. The third kappa shape index (κ3) is 3.04. The van der Waals surface area contributed by atoms with Crippen LogP contribution in [0, 0.1) is 6.92 Å². The van der Waals surface area contributed by atoms with Crippen molar-refractivity contribution in [3.63, 3.8) is 0 Å². The number of carbonyl (C=O) groups excluding carboxylic acids is 1. The highest BCUT2D eigenvalue weighted by Gasteiger charge is 2.20. The average Bonchev–Trinajstić information content (AvgIpc) is 2.93. The molecule has 2 rings (SSSR count). The Kier molecular flexibility index (Phi) is 4.57. The normalized spacial score (nSPS) is 10.5. The Hall–Kier alpha value is -2.37. The van der Waals surface area contributed by atoms with E-state index in [1.807, 2.05) is 30.5 Å². The van der Waals surface area contributed by atoms with Gasteiger partial charge in [0.1, 0.15) is 12.1 Å². The second-order valence-corrected chi connectivity index (χ2v) is 4.85.